The maximum absolute atomic E-state index is 12.3. The van der Waals surface area contributed by atoms with E-state index >= 15 is 0 Å². The number of nitrogens with one attached hydrogen (secondary N) is 3. The Balaban J connectivity index is 1.60. The first-order chi connectivity index (χ1) is 12.1. The Morgan fingerprint density at radius 3 is 2.32 bits per heavy atom. The first-order valence-electron chi connectivity index (χ1n) is 7.71. The molecule has 0 spiro atoms. The highest BCUT2D eigenvalue weighted by molar-refractivity contribution is 7.18. The lowest BCUT2D eigenvalue weighted by Gasteiger charge is -2.05. The van der Waals surface area contributed by atoms with Crippen molar-refractivity contribution in [2.24, 2.45) is 0 Å². The van der Waals surface area contributed by atoms with Crippen molar-refractivity contribution in [1.29, 1.82) is 0 Å². The first-order valence-corrected chi connectivity index (χ1v) is 8.53. The summed E-state index contributed by atoms with van der Waals surface area (Å²) in [6, 6.07) is 19.8. The van der Waals surface area contributed by atoms with Gasteiger partial charge in [-0.1, -0.05) is 30.3 Å². The van der Waals surface area contributed by atoms with Crippen LogP contribution in [-0.4, -0.2) is 11.9 Å². The van der Waals surface area contributed by atoms with Gasteiger partial charge < -0.3 is 10.6 Å². The van der Waals surface area contributed by atoms with Gasteiger partial charge in [0.05, 0.1) is 9.88 Å². The average molecular weight is 351 g/mol. The molecule has 1 heterocycles. The second-order valence-corrected chi connectivity index (χ2v) is 6.52. The largest absolute Gasteiger partial charge is 0.324 e. The number of thiophene rings is 1. The van der Waals surface area contributed by atoms with E-state index in [2.05, 4.69) is 16.0 Å². The molecule has 0 aliphatic rings. The van der Waals surface area contributed by atoms with Crippen LogP contribution in [0.25, 0.3) is 0 Å². The van der Waals surface area contributed by atoms with Gasteiger partial charge >= 0.3 is 6.03 Å². The molecule has 0 atom stereocenters. The topological polar surface area (TPSA) is 70.2 Å². The Morgan fingerprint density at radius 1 is 0.800 bits per heavy atom. The SMILES string of the molecule is Cc1cccc(NC(=O)c2ccc(NC(=O)Nc3ccccc3)s2)c1. The molecule has 1 aromatic heterocycles. The van der Waals surface area contributed by atoms with Crippen LogP contribution < -0.4 is 16.0 Å². The summed E-state index contributed by atoms with van der Waals surface area (Å²) >= 11 is 1.22. The lowest BCUT2D eigenvalue weighted by atomic mass is 10.2. The number of para-hydroxylation sites is 1. The van der Waals surface area contributed by atoms with Gasteiger partial charge in [-0.2, -0.15) is 0 Å². The van der Waals surface area contributed by atoms with Crippen LogP contribution in [0.4, 0.5) is 21.2 Å². The zero-order valence-electron chi connectivity index (χ0n) is 13.6. The van der Waals surface area contributed by atoms with E-state index in [1.807, 2.05) is 49.4 Å². The summed E-state index contributed by atoms with van der Waals surface area (Å²) in [5.74, 6) is -0.202. The lowest BCUT2D eigenvalue weighted by molar-refractivity contribution is 0.103. The summed E-state index contributed by atoms with van der Waals surface area (Å²) in [6.45, 7) is 1.97. The van der Waals surface area contributed by atoms with Gasteiger partial charge in [0.2, 0.25) is 0 Å². The van der Waals surface area contributed by atoms with Crippen LogP contribution in [0.1, 0.15) is 15.2 Å². The van der Waals surface area contributed by atoms with Crippen molar-refractivity contribution in [2.75, 3.05) is 16.0 Å². The van der Waals surface area contributed by atoms with Crippen LogP contribution in [-0.2, 0) is 0 Å². The van der Waals surface area contributed by atoms with Crippen molar-refractivity contribution in [3.05, 3.63) is 77.2 Å². The summed E-state index contributed by atoms with van der Waals surface area (Å²) in [4.78, 5) is 24.8. The van der Waals surface area contributed by atoms with E-state index in [1.165, 1.54) is 11.3 Å². The summed E-state index contributed by atoms with van der Waals surface area (Å²) in [5, 5.41) is 8.91. The predicted octanol–water partition coefficient (Wildman–Crippen LogP) is 4.95. The van der Waals surface area contributed by atoms with Crippen molar-refractivity contribution in [2.45, 2.75) is 6.92 Å². The van der Waals surface area contributed by atoms with Gasteiger partial charge in [0, 0.05) is 11.4 Å². The van der Waals surface area contributed by atoms with Crippen LogP contribution in [0.15, 0.2) is 66.7 Å². The van der Waals surface area contributed by atoms with E-state index < -0.39 is 0 Å². The normalized spacial score (nSPS) is 10.1. The molecule has 2 aromatic carbocycles. The first kappa shape index (κ1) is 16.7. The van der Waals surface area contributed by atoms with Crippen LogP contribution in [0.3, 0.4) is 0 Å². The second-order valence-electron chi connectivity index (χ2n) is 5.43. The van der Waals surface area contributed by atoms with E-state index in [-0.39, 0.29) is 11.9 Å². The van der Waals surface area contributed by atoms with Gasteiger partial charge in [-0.15, -0.1) is 11.3 Å². The molecular formula is C19H17N3O2S. The highest BCUT2D eigenvalue weighted by atomic mass is 32.1. The van der Waals surface area contributed by atoms with Crippen molar-refractivity contribution >= 4 is 39.7 Å². The number of urea groups is 1. The van der Waals surface area contributed by atoms with Crippen LogP contribution in [0.5, 0.6) is 0 Å². The summed E-state index contributed by atoms with van der Waals surface area (Å²) < 4.78 is 0. The Kier molecular flexibility index (Phi) is 5.11. The van der Waals surface area contributed by atoms with Crippen LogP contribution in [0, 0.1) is 6.92 Å². The zero-order valence-corrected chi connectivity index (χ0v) is 14.4. The Bertz CT molecular complexity index is 890. The molecule has 126 valence electrons. The van der Waals surface area contributed by atoms with Gasteiger partial charge in [0.15, 0.2) is 0 Å². The van der Waals surface area contributed by atoms with Crippen molar-refractivity contribution in [3.8, 4) is 0 Å². The molecule has 5 nitrogen and oxygen atoms in total. The maximum atomic E-state index is 12.3. The fourth-order valence-electron chi connectivity index (χ4n) is 2.24. The number of carbonyl (C=O) groups excluding carboxylic acids is 2. The van der Waals surface area contributed by atoms with Crippen molar-refractivity contribution < 1.29 is 9.59 Å². The molecule has 0 unspecified atom stereocenters. The average Bonchev–Trinajstić information content (AvgIpc) is 3.04. The molecule has 0 aliphatic heterocycles. The number of hydrogen-bond acceptors (Lipinski definition) is 3. The molecule has 3 aromatic rings. The minimum absolute atomic E-state index is 0.202. The number of carbonyl (C=O) groups is 2. The van der Waals surface area contributed by atoms with E-state index in [9.17, 15) is 9.59 Å². The minimum Gasteiger partial charge on any atom is -0.321 e. The molecular weight excluding hydrogens is 334 g/mol. The fourth-order valence-corrected chi connectivity index (χ4v) is 3.03. The van der Waals surface area contributed by atoms with E-state index in [0.29, 0.717) is 15.6 Å². The fraction of sp³-hybridized carbons (Fsp3) is 0.0526. The lowest BCUT2D eigenvalue weighted by Crippen LogP contribution is -2.18. The Morgan fingerprint density at radius 2 is 1.56 bits per heavy atom. The zero-order chi connectivity index (χ0) is 17.6. The second kappa shape index (κ2) is 7.63. The number of hydrogen-bond donors (Lipinski definition) is 3. The highest BCUT2D eigenvalue weighted by Gasteiger charge is 2.11. The van der Waals surface area contributed by atoms with Gasteiger partial charge in [0.1, 0.15) is 0 Å². The number of aryl methyl sites for hydroxylation is 1. The number of anilines is 3. The van der Waals surface area contributed by atoms with Crippen molar-refractivity contribution in [3.63, 3.8) is 0 Å². The maximum Gasteiger partial charge on any atom is 0.324 e. The summed E-state index contributed by atoms with van der Waals surface area (Å²) in [7, 11) is 0. The molecule has 0 saturated heterocycles. The Hall–Kier alpha value is -3.12. The highest BCUT2D eigenvalue weighted by Crippen LogP contribution is 2.23. The molecule has 0 fully saturated rings. The van der Waals surface area contributed by atoms with Crippen LogP contribution >= 0.6 is 11.3 Å². The van der Waals surface area contributed by atoms with Gasteiger partial charge in [-0.05, 0) is 48.9 Å². The smallest absolute Gasteiger partial charge is 0.321 e. The number of benzene rings is 2. The minimum atomic E-state index is -0.348. The summed E-state index contributed by atoms with van der Waals surface area (Å²) in [5.41, 5.74) is 2.52. The van der Waals surface area contributed by atoms with Gasteiger partial charge in [0.25, 0.3) is 5.91 Å². The molecule has 3 amide bonds. The predicted molar refractivity (Wildman–Crippen MR) is 103 cm³/mol. The number of rotatable bonds is 4. The molecule has 0 bridgehead atoms. The molecule has 0 aliphatic carbocycles. The monoisotopic (exact) mass is 351 g/mol. The Labute approximate surface area is 149 Å². The summed E-state index contributed by atoms with van der Waals surface area (Å²) in [6.07, 6.45) is 0. The molecule has 0 radical (unpaired) electrons. The van der Waals surface area contributed by atoms with E-state index in [0.717, 1.165) is 11.3 Å². The molecule has 3 N–H and O–H groups in total. The van der Waals surface area contributed by atoms with Gasteiger partial charge in [-0.25, -0.2) is 4.79 Å². The molecule has 3 rings (SSSR count). The standard InChI is InChI=1S/C19H17N3O2S/c1-13-6-5-9-15(12-13)20-18(23)16-10-11-17(25-16)22-19(24)21-14-7-3-2-4-8-14/h2-12H,1H3,(H,20,23)(H2,21,22,24). The molecule has 6 heteroatoms. The quantitative estimate of drug-likeness (QED) is 0.622. The van der Waals surface area contributed by atoms with Crippen LogP contribution in [0.2, 0.25) is 0 Å². The van der Waals surface area contributed by atoms with Gasteiger partial charge in [-0.3, -0.25) is 10.1 Å². The van der Waals surface area contributed by atoms with E-state index in [1.54, 1.807) is 24.3 Å². The van der Waals surface area contributed by atoms with E-state index in [4.69, 9.17) is 0 Å². The number of amides is 3. The third-order valence-electron chi connectivity index (χ3n) is 3.37. The van der Waals surface area contributed by atoms with Crippen molar-refractivity contribution in [1.82, 2.24) is 0 Å². The molecule has 0 saturated carbocycles. The third kappa shape index (κ3) is 4.68. The third-order valence-corrected chi connectivity index (χ3v) is 4.37. The molecule has 25 heavy (non-hydrogen) atoms.